The maximum absolute atomic E-state index is 5.91. The summed E-state index contributed by atoms with van der Waals surface area (Å²) in [5.74, 6) is 1.00. The summed E-state index contributed by atoms with van der Waals surface area (Å²) < 4.78 is 5.91. The van der Waals surface area contributed by atoms with Gasteiger partial charge in [-0.15, -0.1) is 0 Å². The molecule has 3 heterocycles. The van der Waals surface area contributed by atoms with Crippen molar-refractivity contribution in [1.82, 2.24) is 19.9 Å². The van der Waals surface area contributed by atoms with E-state index in [0.29, 0.717) is 24.5 Å². The van der Waals surface area contributed by atoms with Gasteiger partial charge in [0.2, 0.25) is 5.95 Å². The fraction of sp³-hybridized carbons (Fsp3) is 0.280. The Morgan fingerprint density at radius 2 is 1.79 bits per heavy atom. The lowest BCUT2D eigenvalue weighted by Crippen LogP contribution is -2.31. The Kier molecular flexibility index (Phi) is 6.42. The van der Waals surface area contributed by atoms with E-state index in [0.717, 1.165) is 48.8 Å². The third-order valence-corrected chi connectivity index (χ3v) is 5.70. The summed E-state index contributed by atoms with van der Waals surface area (Å²) in [6, 6.07) is 18.7. The first kappa shape index (κ1) is 20.9. The Morgan fingerprint density at radius 3 is 2.67 bits per heavy atom. The van der Waals surface area contributed by atoms with Crippen molar-refractivity contribution in [2.45, 2.75) is 25.7 Å². The number of aromatic nitrogens is 4. The van der Waals surface area contributed by atoms with Crippen molar-refractivity contribution >= 4 is 29.0 Å². The Hall–Kier alpha value is -3.94. The zero-order valence-electron chi connectivity index (χ0n) is 18.4. The first-order valence-electron chi connectivity index (χ1n) is 11.4. The minimum Gasteiger partial charge on any atom is -0.463 e. The van der Waals surface area contributed by atoms with E-state index in [-0.39, 0.29) is 0 Å². The van der Waals surface area contributed by atoms with Crippen LogP contribution in [0.15, 0.2) is 65.9 Å². The molecule has 4 aromatic rings. The van der Waals surface area contributed by atoms with Crippen LogP contribution in [-0.4, -0.2) is 45.8 Å². The molecule has 0 spiro atoms. The van der Waals surface area contributed by atoms with E-state index >= 15 is 0 Å². The summed E-state index contributed by atoms with van der Waals surface area (Å²) in [4.78, 5) is 19.0. The van der Waals surface area contributed by atoms with Crippen LogP contribution in [0.3, 0.4) is 0 Å². The smallest absolute Gasteiger partial charge is 0.323 e. The van der Waals surface area contributed by atoms with E-state index in [2.05, 4.69) is 53.6 Å². The standard InChI is InChI=1S/C25H27N7O/c1-3-9-19(10-4-1)13-16-33-25-29-23(28-24(30-25)32-14-7-2-8-15-32)31-27-18-20-17-26-22-12-6-5-11-21(20)22/h1,3-6,9-12,17-18,26H,2,7-8,13-16H2,(H,28,29,30,31)/b27-18+. The van der Waals surface area contributed by atoms with Crippen LogP contribution in [0, 0.1) is 0 Å². The molecule has 1 aliphatic rings. The molecular formula is C25H27N7O. The number of hydrogen-bond donors (Lipinski definition) is 2. The number of ether oxygens (including phenoxy) is 1. The second-order valence-corrected chi connectivity index (χ2v) is 8.03. The molecule has 1 aliphatic heterocycles. The van der Waals surface area contributed by atoms with Crippen LogP contribution in [0.1, 0.15) is 30.4 Å². The van der Waals surface area contributed by atoms with Gasteiger partial charge in [-0.05, 0) is 30.9 Å². The highest BCUT2D eigenvalue weighted by molar-refractivity contribution is 5.99. The van der Waals surface area contributed by atoms with E-state index in [9.17, 15) is 0 Å². The topological polar surface area (TPSA) is 91.3 Å². The number of fused-ring (bicyclic) bond motifs is 1. The van der Waals surface area contributed by atoms with Crippen LogP contribution < -0.4 is 15.1 Å². The molecule has 1 fully saturated rings. The summed E-state index contributed by atoms with van der Waals surface area (Å²) in [5.41, 5.74) is 6.23. The van der Waals surface area contributed by atoms with Gasteiger partial charge < -0.3 is 14.6 Å². The average molecular weight is 442 g/mol. The van der Waals surface area contributed by atoms with E-state index < -0.39 is 0 Å². The Balaban J connectivity index is 1.31. The van der Waals surface area contributed by atoms with E-state index in [1.54, 1.807) is 6.21 Å². The number of piperidine rings is 1. The van der Waals surface area contributed by atoms with Crippen LogP contribution in [0.5, 0.6) is 6.01 Å². The highest BCUT2D eigenvalue weighted by atomic mass is 16.5. The van der Waals surface area contributed by atoms with Gasteiger partial charge in [-0.3, -0.25) is 0 Å². The van der Waals surface area contributed by atoms with Crippen LogP contribution in [0.25, 0.3) is 10.9 Å². The predicted octanol–water partition coefficient (Wildman–Crippen LogP) is 4.41. The number of benzene rings is 2. The van der Waals surface area contributed by atoms with Gasteiger partial charge in [-0.2, -0.15) is 20.1 Å². The van der Waals surface area contributed by atoms with Crippen molar-refractivity contribution < 1.29 is 4.74 Å². The maximum atomic E-state index is 5.91. The molecule has 2 aromatic carbocycles. The van der Waals surface area contributed by atoms with Crippen LogP contribution in [0.4, 0.5) is 11.9 Å². The number of rotatable bonds is 8. The first-order valence-corrected chi connectivity index (χ1v) is 11.4. The lowest BCUT2D eigenvalue weighted by Gasteiger charge is -2.26. The molecule has 33 heavy (non-hydrogen) atoms. The van der Waals surface area contributed by atoms with Gasteiger partial charge in [0.05, 0.1) is 12.8 Å². The normalized spacial score (nSPS) is 14.1. The molecule has 2 aromatic heterocycles. The minimum atomic E-state index is 0.311. The van der Waals surface area contributed by atoms with Crippen LogP contribution in [-0.2, 0) is 6.42 Å². The largest absolute Gasteiger partial charge is 0.463 e. The van der Waals surface area contributed by atoms with Crippen LogP contribution >= 0.6 is 0 Å². The molecular weight excluding hydrogens is 414 g/mol. The zero-order valence-corrected chi connectivity index (χ0v) is 18.4. The second-order valence-electron chi connectivity index (χ2n) is 8.03. The van der Waals surface area contributed by atoms with Crippen molar-refractivity contribution in [3.63, 3.8) is 0 Å². The summed E-state index contributed by atoms with van der Waals surface area (Å²) >= 11 is 0. The number of hydrazone groups is 1. The molecule has 0 atom stereocenters. The SMILES string of the molecule is C(=N\Nc1nc(OCCc2ccccc2)nc(N2CCCCC2)n1)/c1c[nH]c2ccccc12. The molecule has 8 heteroatoms. The summed E-state index contributed by atoms with van der Waals surface area (Å²) in [7, 11) is 0. The molecule has 0 radical (unpaired) electrons. The number of anilines is 2. The van der Waals surface area contributed by atoms with E-state index in [1.165, 1.54) is 12.0 Å². The van der Waals surface area contributed by atoms with Crippen molar-refractivity contribution in [2.24, 2.45) is 5.10 Å². The Bertz CT molecular complexity index is 1220. The number of aromatic amines is 1. The van der Waals surface area contributed by atoms with E-state index in [4.69, 9.17) is 4.74 Å². The quantitative estimate of drug-likeness (QED) is 0.311. The number of hydrogen-bond acceptors (Lipinski definition) is 7. The summed E-state index contributed by atoms with van der Waals surface area (Å²) in [6.07, 6.45) is 7.99. The zero-order chi connectivity index (χ0) is 22.3. The van der Waals surface area contributed by atoms with Gasteiger partial charge in [0.15, 0.2) is 0 Å². The third-order valence-electron chi connectivity index (χ3n) is 5.70. The lowest BCUT2D eigenvalue weighted by molar-refractivity contribution is 0.295. The highest BCUT2D eigenvalue weighted by Crippen LogP contribution is 2.20. The molecule has 0 amide bonds. The fourth-order valence-electron chi connectivity index (χ4n) is 3.96. The van der Waals surface area contributed by atoms with Gasteiger partial charge in [-0.1, -0.05) is 48.5 Å². The predicted molar refractivity (Wildman–Crippen MR) is 131 cm³/mol. The van der Waals surface area contributed by atoms with Crippen molar-refractivity contribution in [1.29, 1.82) is 0 Å². The Labute approximate surface area is 192 Å². The third kappa shape index (κ3) is 5.28. The number of nitrogens with zero attached hydrogens (tertiary/aromatic N) is 5. The van der Waals surface area contributed by atoms with Crippen LogP contribution in [0.2, 0.25) is 0 Å². The van der Waals surface area contributed by atoms with E-state index in [1.807, 2.05) is 42.6 Å². The lowest BCUT2D eigenvalue weighted by atomic mass is 10.1. The maximum Gasteiger partial charge on any atom is 0.323 e. The molecule has 0 bridgehead atoms. The minimum absolute atomic E-state index is 0.311. The number of H-pyrrole nitrogens is 1. The molecule has 8 nitrogen and oxygen atoms in total. The molecule has 0 unspecified atom stereocenters. The van der Waals surface area contributed by atoms with Crippen molar-refractivity contribution in [2.75, 3.05) is 30.0 Å². The molecule has 5 rings (SSSR count). The number of nitrogens with one attached hydrogen (secondary N) is 2. The average Bonchev–Trinajstić information content (AvgIpc) is 3.28. The first-order chi connectivity index (χ1) is 16.3. The van der Waals surface area contributed by atoms with Gasteiger partial charge in [0, 0.05) is 42.2 Å². The number of para-hydroxylation sites is 1. The van der Waals surface area contributed by atoms with Gasteiger partial charge >= 0.3 is 6.01 Å². The summed E-state index contributed by atoms with van der Waals surface area (Å²) in [6.45, 7) is 2.36. The molecule has 1 saturated heterocycles. The molecule has 2 N–H and O–H groups in total. The molecule has 168 valence electrons. The molecule has 0 saturated carbocycles. The van der Waals surface area contributed by atoms with Gasteiger partial charge in [-0.25, -0.2) is 5.43 Å². The van der Waals surface area contributed by atoms with Crippen molar-refractivity contribution in [3.8, 4) is 6.01 Å². The Morgan fingerprint density at radius 1 is 0.970 bits per heavy atom. The fourth-order valence-corrected chi connectivity index (χ4v) is 3.96. The van der Waals surface area contributed by atoms with Crippen molar-refractivity contribution in [3.05, 3.63) is 71.9 Å². The molecule has 0 aliphatic carbocycles. The highest BCUT2D eigenvalue weighted by Gasteiger charge is 2.17. The monoisotopic (exact) mass is 441 g/mol. The summed E-state index contributed by atoms with van der Waals surface area (Å²) in [5, 5.41) is 5.48. The van der Waals surface area contributed by atoms with Gasteiger partial charge in [0.25, 0.3) is 5.95 Å². The van der Waals surface area contributed by atoms with Gasteiger partial charge in [0.1, 0.15) is 0 Å². The second kappa shape index (κ2) is 10.1.